The van der Waals surface area contributed by atoms with Crippen LogP contribution in [0.5, 0.6) is 17.2 Å². The highest BCUT2D eigenvalue weighted by Gasteiger charge is 2.15. The average molecular weight is 442 g/mol. The fraction of sp³-hybridized carbons (Fsp3) is 0.136. The number of carbonyl (C=O) groups excluding carboxylic acids is 1. The lowest BCUT2D eigenvalue weighted by atomic mass is 10.3. The molecule has 3 aromatic rings. The van der Waals surface area contributed by atoms with E-state index in [4.69, 9.17) is 14.2 Å². The molecule has 0 aliphatic heterocycles. The van der Waals surface area contributed by atoms with E-state index in [9.17, 15) is 13.2 Å². The molecule has 3 aromatic carbocycles. The Bertz CT molecular complexity index is 1130. The zero-order valence-electron chi connectivity index (χ0n) is 17.0. The maximum atomic E-state index is 12.5. The van der Waals surface area contributed by atoms with Gasteiger partial charge in [-0.25, -0.2) is 8.42 Å². The van der Waals surface area contributed by atoms with Gasteiger partial charge in [0.25, 0.3) is 15.9 Å². The second kappa shape index (κ2) is 9.86. The Morgan fingerprint density at radius 2 is 1.48 bits per heavy atom. The number of sulfonamides is 1. The largest absolute Gasteiger partial charge is 0.497 e. The van der Waals surface area contributed by atoms with E-state index in [0.717, 1.165) is 0 Å². The van der Waals surface area contributed by atoms with Gasteiger partial charge < -0.3 is 19.5 Å². The van der Waals surface area contributed by atoms with Gasteiger partial charge in [-0.3, -0.25) is 9.52 Å². The second-order valence-electron chi connectivity index (χ2n) is 6.34. The minimum Gasteiger partial charge on any atom is -0.497 e. The van der Waals surface area contributed by atoms with Crippen molar-refractivity contribution in [3.8, 4) is 17.2 Å². The minimum atomic E-state index is -3.77. The van der Waals surface area contributed by atoms with Crippen LogP contribution < -0.4 is 24.2 Å². The third-order valence-electron chi connectivity index (χ3n) is 4.23. The number of amides is 1. The molecule has 0 radical (unpaired) electrons. The average Bonchev–Trinajstić information content (AvgIpc) is 2.78. The van der Waals surface area contributed by atoms with Crippen LogP contribution in [0, 0.1) is 0 Å². The molecule has 0 bridgehead atoms. The predicted molar refractivity (Wildman–Crippen MR) is 117 cm³/mol. The van der Waals surface area contributed by atoms with Gasteiger partial charge in [0.15, 0.2) is 6.61 Å². The van der Waals surface area contributed by atoms with Crippen molar-refractivity contribution < 1.29 is 27.4 Å². The molecule has 0 aliphatic carbocycles. The van der Waals surface area contributed by atoms with Crippen LogP contribution in [0.3, 0.4) is 0 Å². The molecule has 2 N–H and O–H groups in total. The van der Waals surface area contributed by atoms with Gasteiger partial charge in [0.05, 0.1) is 24.8 Å². The Morgan fingerprint density at radius 1 is 0.839 bits per heavy atom. The number of methoxy groups -OCH3 is 2. The molecule has 0 spiro atoms. The van der Waals surface area contributed by atoms with Crippen molar-refractivity contribution in [1.82, 2.24) is 0 Å². The van der Waals surface area contributed by atoms with E-state index in [-0.39, 0.29) is 17.4 Å². The predicted octanol–water partition coefficient (Wildman–Crippen LogP) is 3.52. The molecule has 0 saturated heterocycles. The zero-order chi connectivity index (χ0) is 22.3. The maximum absolute atomic E-state index is 12.5. The van der Waals surface area contributed by atoms with Crippen molar-refractivity contribution in [2.24, 2.45) is 0 Å². The third kappa shape index (κ3) is 5.89. The lowest BCUT2D eigenvalue weighted by molar-refractivity contribution is -0.118. The Kier molecular flexibility index (Phi) is 6.99. The van der Waals surface area contributed by atoms with Gasteiger partial charge in [-0.15, -0.1) is 0 Å². The van der Waals surface area contributed by atoms with Crippen LogP contribution in [-0.2, 0) is 14.8 Å². The van der Waals surface area contributed by atoms with E-state index >= 15 is 0 Å². The summed E-state index contributed by atoms with van der Waals surface area (Å²) >= 11 is 0. The topological polar surface area (TPSA) is 103 Å². The van der Waals surface area contributed by atoms with Crippen molar-refractivity contribution in [1.29, 1.82) is 0 Å². The highest BCUT2D eigenvalue weighted by Crippen LogP contribution is 2.23. The van der Waals surface area contributed by atoms with Gasteiger partial charge in [0, 0.05) is 5.69 Å². The Morgan fingerprint density at radius 3 is 2.13 bits per heavy atom. The molecule has 0 aromatic heterocycles. The number of nitrogens with one attached hydrogen (secondary N) is 2. The van der Waals surface area contributed by atoms with E-state index in [1.54, 1.807) is 48.5 Å². The van der Waals surface area contributed by atoms with E-state index in [0.29, 0.717) is 28.6 Å². The summed E-state index contributed by atoms with van der Waals surface area (Å²) < 4.78 is 43.3. The number of carbonyl (C=O) groups is 1. The molecule has 0 unspecified atom stereocenters. The Hall–Kier alpha value is -3.72. The van der Waals surface area contributed by atoms with Crippen molar-refractivity contribution >= 4 is 27.3 Å². The third-order valence-corrected chi connectivity index (χ3v) is 5.62. The van der Waals surface area contributed by atoms with Crippen LogP contribution in [-0.4, -0.2) is 35.2 Å². The first-order valence-electron chi connectivity index (χ1n) is 9.24. The summed E-state index contributed by atoms with van der Waals surface area (Å²) in [6.07, 6.45) is 0. The van der Waals surface area contributed by atoms with Gasteiger partial charge in [0.2, 0.25) is 0 Å². The van der Waals surface area contributed by atoms with Crippen LogP contribution in [0.2, 0.25) is 0 Å². The number of benzene rings is 3. The summed E-state index contributed by atoms with van der Waals surface area (Å²) in [6.45, 7) is -0.242. The van der Waals surface area contributed by atoms with Crippen LogP contribution in [0.4, 0.5) is 11.4 Å². The van der Waals surface area contributed by atoms with Gasteiger partial charge in [-0.05, 0) is 60.7 Å². The first kappa shape index (κ1) is 22.0. The van der Waals surface area contributed by atoms with Crippen LogP contribution in [0.15, 0.2) is 77.7 Å². The summed E-state index contributed by atoms with van der Waals surface area (Å²) in [6, 6.07) is 19.3. The quantitative estimate of drug-likeness (QED) is 0.526. The van der Waals surface area contributed by atoms with Gasteiger partial charge in [0.1, 0.15) is 17.2 Å². The van der Waals surface area contributed by atoms with Crippen molar-refractivity contribution in [3.05, 3.63) is 72.8 Å². The molecule has 0 fully saturated rings. The molecule has 8 nitrogen and oxygen atoms in total. The first-order valence-corrected chi connectivity index (χ1v) is 10.7. The summed E-state index contributed by atoms with van der Waals surface area (Å²) in [5.74, 6) is 1.15. The molecule has 9 heteroatoms. The molecule has 0 heterocycles. The minimum absolute atomic E-state index is 0.0640. The van der Waals surface area contributed by atoms with Gasteiger partial charge >= 0.3 is 0 Å². The van der Waals surface area contributed by atoms with Crippen LogP contribution >= 0.6 is 0 Å². The summed E-state index contributed by atoms with van der Waals surface area (Å²) in [7, 11) is -0.722. The smallest absolute Gasteiger partial charge is 0.262 e. The lowest BCUT2D eigenvalue weighted by Crippen LogP contribution is -2.20. The van der Waals surface area contributed by atoms with Crippen molar-refractivity contribution in [2.75, 3.05) is 30.9 Å². The molecule has 3 rings (SSSR count). The molecule has 1 amide bonds. The number of anilines is 2. The molecule has 162 valence electrons. The molecule has 0 saturated carbocycles. The van der Waals surface area contributed by atoms with E-state index < -0.39 is 10.0 Å². The molecule has 0 aliphatic rings. The van der Waals surface area contributed by atoms with Crippen LogP contribution in [0.1, 0.15) is 0 Å². The van der Waals surface area contributed by atoms with E-state index in [2.05, 4.69) is 10.0 Å². The fourth-order valence-electron chi connectivity index (χ4n) is 2.67. The lowest BCUT2D eigenvalue weighted by Gasteiger charge is -2.11. The summed E-state index contributed by atoms with van der Waals surface area (Å²) in [5, 5.41) is 2.70. The number of hydrogen-bond acceptors (Lipinski definition) is 6. The number of hydrogen-bond donors (Lipinski definition) is 2. The highest BCUT2D eigenvalue weighted by molar-refractivity contribution is 7.92. The Balaban J connectivity index is 1.58. The zero-order valence-corrected chi connectivity index (χ0v) is 17.8. The van der Waals surface area contributed by atoms with Gasteiger partial charge in [-0.2, -0.15) is 0 Å². The number of ether oxygens (including phenoxy) is 3. The molecule has 0 atom stereocenters. The molecular weight excluding hydrogens is 420 g/mol. The van der Waals surface area contributed by atoms with Crippen LogP contribution in [0.25, 0.3) is 0 Å². The fourth-order valence-corrected chi connectivity index (χ4v) is 3.73. The van der Waals surface area contributed by atoms with Crippen molar-refractivity contribution in [3.63, 3.8) is 0 Å². The standard InChI is InChI=1S/C22H22N2O6S/c1-28-17-9-7-16(8-10-17)24-31(26,27)19-13-11-18(12-14-19)30-15-22(25)23-20-5-3-4-6-21(20)29-2/h3-14,24H,15H2,1-2H3,(H,23,25). The normalized spacial score (nSPS) is 10.8. The maximum Gasteiger partial charge on any atom is 0.262 e. The second-order valence-corrected chi connectivity index (χ2v) is 8.02. The number of para-hydroxylation sites is 2. The number of rotatable bonds is 9. The van der Waals surface area contributed by atoms with E-state index in [1.807, 2.05) is 0 Å². The van der Waals surface area contributed by atoms with E-state index in [1.165, 1.54) is 38.5 Å². The molecule has 31 heavy (non-hydrogen) atoms. The van der Waals surface area contributed by atoms with Gasteiger partial charge in [-0.1, -0.05) is 12.1 Å². The Labute approximate surface area is 180 Å². The highest BCUT2D eigenvalue weighted by atomic mass is 32.2. The summed E-state index contributed by atoms with van der Waals surface area (Å²) in [5.41, 5.74) is 0.943. The molecular formula is C22H22N2O6S. The van der Waals surface area contributed by atoms with Crippen molar-refractivity contribution in [2.45, 2.75) is 4.90 Å². The summed E-state index contributed by atoms with van der Waals surface area (Å²) in [4.78, 5) is 12.2. The first-order chi connectivity index (χ1) is 14.9. The monoisotopic (exact) mass is 442 g/mol. The SMILES string of the molecule is COc1ccc(NS(=O)(=O)c2ccc(OCC(=O)Nc3ccccc3OC)cc2)cc1.